The number of aromatic nitrogens is 1. The van der Waals surface area contributed by atoms with Crippen LogP contribution in [-0.2, 0) is 4.79 Å². The first-order chi connectivity index (χ1) is 7.66. The zero-order chi connectivity index (χ0) is 12.0. The SMILES string of the molecule is CC(c1ccncc1)N(C)C(=O)CCCCl. The summed E-state index contributed by atoms with van der Waals surface area (Å²) in [6.45, 7) is 2.01. The second-order valence-electron chi connectivity index (χ2n) is 3.75. The molecule has 4 heteroatoms. The minimum absolute atomic E-state index is 0.0748. The maximum Gasteiger partial charge on any atom is 0.222 e. The summed E-state index contributed by atoms with van der Waals surface area (Å²) in [6, 6.07) is 3.93. The number of rotatable bonds is 5. The molecule has 1 rings (SSSR count). The van der Waals surface area contributed by atoms with Gasteiger partial charge in [0, 0.05) is 31.7 Å². The number of pyridine rings is 1. The molecule has 3 nitrogen and oxygen atoms in total. The van der Waals surface area contributed by atoms with E-state index < -0.39 is 0 Å². The molecule has 16 heavy (non-hydrogen) atoms. The number of halogens is 1. The van der Waals surface area contributed by atoms with Gasteiger partial charge < -0.3 is 4.90 Å². The molecule has 88 valence electrons. The Morgan fingerprint density at radius 1 is 1.50 bits per heavy atom. The summed E-state index contributed by atoms with van der Waals surface area (Å²) < 4.78 is 0. The van der Waals surface area contributed by atoms with E-state index in [1.807, 2.05) is 26.1 Å². The lowest BCUT2D eigenvalue weighted by Gasteiger charge is -2.25. The fraction of sp³-hybridized carbons (Fsp3) is 0.500. The van der Waals surface area contributed by atoms with Gasteiger partial charge >= 0.3 is 0 Å². The average molecular weight is 241 g/mol. The fourth-order valence-electron chi connectivity index (χ4n) is 1.48. The van der Waals surface area contributed by atoms with E-state index in [-0.39, 0.29) is 11.9 Å². The van der Waals surface area contributed by atoms with Gasteiger partial charge in [-0.2, -0.15) is 0 Å². The molecular weight excluding hydrogens is 224 g/mol. The standard InChI is InChI=1S/C12H17ClN2O/c1-10(11-5-8-14-9-6-11)15(2)12(16)4-3-7-13/h5-6,8-10H,3-4,7H2,1-2H3. The van der Waals surface area contributed by atoms with Crippen molar-refractivity contribution in [2.45, 2.75) is 25.8 Å². The molecule has 0 aliphatic heterocycles. The molecular formula is C12H17ClN2O. The quantitative estimate of drug-likeness (QED) is 0.742. The van der Waals surface area contributed by atoms with Crippen LogP contribution in [0.1, 0.15) is 31.4 Å². The molecule has 0 saturated heterocycles. The van der Waals surface area contributed by atoms with Gasteiger partial charge in [0.15, 0.2) is 0 Å². The summed E-state index contributed by atoms with van der Waals surface area (Å²) in [7, 11) is 1.82. The van der Waals surface area contributed by atoms with Crippen LogP contribution in [0.3, 0.4) is 0 Å². The fourth-order valence-corrected chi connectivity index (χ4v) is 1.61. The molecule has 1 atom stereocenters. The summed E-state index contributed by atoms with van der Waals surface area (Å²) in [5.41, 5.74) is 1.09. The molecule has 0 aliphatic rings. The van der Waals surface area contributed by atoms with Crippen molar-refractivity contribution in [2.75, 3.05) is 12.9 Å². The van der Waals surface area contributed by atoms with Crippen LogP contribution in [0.25, 0.3) is 0 Å². The highest BCUT2D eigenvalue weighted by molar-refractivity contribution is 6.17. The molecule has 0 N–H and O–H groups in total. The molecule has 1 unspecified atom stereocenters. The van der Waals surface area contributed by atoms with E-state index in [2.05, 4.69) is 4.98 Å². The summed E-state index contributed by atoms with van der Waals surface area (Å²) in [5, 5.41) is 0. The first-order valence-corrected chi connectivity index (χ1v) is 5.91. The highest BCUT2D eigenvalue weighted by atomic mass is 35.5. The molecule has 0 aromatic carbocycles. The van der Waals surface area contributed by atoms with Crippen molar-refractivity contribution in [3.05, 3.63) is 30.1 Å². The third kappa shape index (κ3) is 3.49. The topological polar surface area (TPSA) is 33.2 Å². The Hall–Kier alpha value is -1.09. The highest BCUT2D eigenvalue weighted by Gasteiger charge is 2.16. The Labute approximate surface area is 101 Å². The molecule has 1 amide bonds. The Bertz CT molecular complexity index is 329. The number of hydrogen-bond acceptors (Lipinski definition) is 2. The van der Waals surface area contributed by atoms with Crippen LogP contribution >= 0.6 is 11.6 Å². The number of carbonyl (C=O) groups is 1. The number of carbonyl (C=O) groups excluding carboxylic acids is 1. The molecule has 0 saturated carbocycles. The number of amides is 1. The Morgan fingerprint density at radius 2 is 2.12 bits per heavy atom. The van der Waals surface area contributed by atoms with Gasteiger partial charge in [0.25, 0.3) is 0 Å². The van der Waals surface area contributed by atoms with E-state index in [1.54, 1.807) is 17.3 Å². The molecule has 1 aromatic heterocycles. The van der Waals surface area contributed by atoms with E-state index in [0.29, 0.717) is 12.3 Å². The van der Waals surface area contributed by atoms with Crippen molar-refractivity contribution < 1.29 is 4.79 Å². The van der Waals surface area contributed by atoms with Crippen molar-refractivity contribution in [3.63, 3.8) is 0 Å². The van der Waals surface area contributed by atoms with E-state index in [9.17, 15) is 4.79 Å². The predicted octanol–water partition coefficient (Wildman–Crippen LogP) is 2.62. The van der Waals surface area contributed by atoms with Crippen molar-refractivity contribution in [1.29, 1.82) is 0 Å². The third-order valence-electron chi connectivity index (χ3n) is 2.69. The van der Waals surface area contributed by atoms with Crippen LogP contribution in [0.2, 0.25) is 0 Å². The van der Waals surface area contributed by atoms with Crippen molar-refractivity contribution in [1.82, 2.24) is 9.88 Å². The zero-order valence-corrected chi connectivity index (χ0v) is 10.4. The van der Waals surface area contributed by atoms with E-state index >= 15 is 0 Å². The molecule has 0 radical (unpaired) electrons. The molecule has 0 bridgehead atoms. The largest absolute Gasteiger partial charge is 0.339 e. The molecule has 1 heterocycles. The van der Waals surface area contributed by atoms with Crippen LogP contribution in [-0.4, -0.2) is 28.7 Å². The van der Waals surface area contributed by atoms with Crippen molar-refractivity contribution in [2.24, 2.45) is 0 Å². The molecule has 0 fully saturated rings. The van der Waals surface area contributed by atoms with Gasteiger partial charge in [-0.1, -0.05) is 0 Å². The summed E-state index contributed by atoms with van der Waals surface area (Å²) in [6.07, 6.45) is 4.72. The van der Waals surface area contributed by atoms with Crippen molar-refractivity contribution >= 4 is 17.5 Å². The monoisotopic (exact) mass is 240 g/mol. The molecule has 0 aliphatic carbocycles. The van der Waals surface area contributed by atoms with Gasteiger partial charge in [-0.15, -0.1) is 11.6 Å². The average Bonchev–Trinajstić information content (AvgIpc) is 2.35. The zero-order valence-electron chi connectivity index (χ0n) is 9.69. The smallest absolute Gasteiger partial charge is 0.222 e. The lowest BCUT2D eigenvalue weighted by atomic mass is 10.1. The van der Waals surface area contributed by atoms with Crippen LogP contribution < -0.4 is 0 Å². The maximum atomic E-state index is 11.8. The molecule has 1 aromatic rings. The summed E-state index contributed by atoms with van der Waals surface area (Å²) >= 11 is 5.57. The van der Waals surface area contributed by atoms with Gasteiger partial charge in [-0.05, 0) is 31.0 Å². The third-order valence-corrected chi connectivity index (χ3v) is 2.95. The van der Waals surface area contributed by atoms with Gasteiger partial charge in [0.1, 0.15) is 0 Å². The van der Waals surface area contributed by atoms with Crippen LogP contribution in [0.15, 0.2) is 24.5 Å². The Balaban J connectivity index is 2.60. The summed E-state index contributed by atoms with van der Waals surface area (Å²) in [5.74, 6) is 0.661. The van der Waals surface area contributed by atoms with E-state index in [0.717, 1.165) is 12.0 Å². The summed E-state index contributed by atoms with van der Waals surface area (Å²) in [4.78, 5) is 17.5. The highest BCUT2D eigenvalue weighted by Crippen LogP contribution is 2.18. The van der Waals surface area contributed by atoms with Crippen molar-refractivity contribution in [3.8, 4) is 0 Å². The van der Waals surface area contributed by atoms with E-state index in [4.69, 9.17) is 11.6 Å². The second-order valence-corrected chi connectivity index (χ2v) is 4.13. The van der Waals surface area contributed by atoms with Gasteiger partial charge in [-0.25, -0.2) is 0 Å². The Morgan fingerprint density at radius 3 is 2.69 bits per heavy atom. The van der Waals surface area contributed by atoms with Gasteiger partial charge in [0.05, 0.1) is 6.04 Å². The lowest BCUT2D eigenvalue weighted by molar-refractivity contribution is -0.131. The van der Waals surface area contributed by atoms with Crippen LogP contribution in [0.5, 0.6) is 0 Å². The van der Waals surface area contributed by atoms with E-state index in [1.165, 1.54) is 0 Å². The number of hydrogen-bond donors (Lipinski definition) is 0. The number of nitrogens with zero attached hydrogens (tertiary/aromatic N) is 2. The van der Waals surface area contributed by atoms with Gasteiger partial charge in [0.2, 0.25) is 5.91 Å². The van der Waals surface area contributed by atoms with Crippen LogP contribution in [0, 0.1) is 0 Å². The second kappa shape index (κ2) is 6.48. The predicted molar refractivity (Wildman–Crippen MR) is 65.4 cm³/mol. The van der Waals surface area contributed by atoms with Crippen LogP contribution in [0.4, 0.5) is 0 Å². The maximum absolute atomic E-state index is 11.8. The first-order valence-electron chi connectivity index (χ1n) is 5.38. The lowest BCUT2D eigenvalue weighted by Crippen LogP contribution is -2.29. The first kappa shape index (κ1) is 13.0. The number of alkyl halides is 1. The van der Waals surface area contributed by atoms with Gasteiger partial charge in [-0.3, -0.25) is 9.78 Å². The molecule has 0 spiro atoms. The normalized spacial score (nSPS) is 12.2. The minimum Gasteiger partial charge on any atom is -0.339 e. The minimum atomic E-state index is 0.0748. The Kier molecular flexibility index (Phi) is 5.26.